The molecule has 0 aromatic heterocycles. The van der Waals surface area contributed by atoms with Gasteiger partial charge in [-0.05, 0) is 40.5 Å². The molecule has 0 bridgehead atoms. The van der Waals surface area contributed by atoms with Crippen LogP contribution in [-0.2, 0) is 9.53 Å². The lowest BCUT2D eigenvalue weighted by Gasteiger charge is -2.29. The molecule has 1 N–H and O–H groups in total. The van der Waals surface area contributed by atoms with E-state index in [4.69, 9.17) is 4.74 Å². The lowest BCUT2D eigenvalue weighted by atomic mass is 9.95. The van der Waals surface area contributed by atoms with Crippen molar-refractivity contribution >= 4 is 5.97 Å². The average molecular weight is 199 g/mol. The largest absolute Gasteiger partial charge is 0.460 e. The van der Waals surface area contributed by atoms with Crippen LogP contribution < -0.4 is 5.32 Å². The van der Waals surface area contributed by atoms with Crippen molar-refractivity contribution in [2.45, 2.75) is 52.2 Å². The van der Waals surface area contributed by atoms with Crippen molar-refractivity contribution in [3.05, 3.63) is 0 Å². The molecule has 1 fully saturated rings. The highest BCUT2D eigenvalue weighted by Gasteiger charge is 2.28. The monoisotopic (exact) mass is 199 g/mol. The van der Waals surface area contributed by atoms with Crippen LogP contribution in [0.4, 0.5) is 0 Å². The molecule has 1 aliphatic heterocycles. The molecule has 1 heterocycles. The van der Waals surface area contributed by atoms with Crippen LogP contribution in [-0.4, -0.2) is 24.2 Å². The van der Waals surface area contributed by atoms with Crippen LogP contribution >= 0.6 is 0 Å². The molecular formula is C11H21NO2. The standard InChI is InChI=1S/C11H21NO2/c1-8-5-6-9(7-12-8)10(13)14-11(2,3)4/h8-9,12H,5-7H2,1-4H3/t8-,9+/m0/s1. The minimum atomic E-state index is -0.361. The van der Waals surface area contributed by atoms with Crippen LogP contribution in [0.3, 0.4) is 0 Å². The number of rotatable bonds is 1. The van der Waals surface area contributed by atoms with Gasteiger partial charge in [0.15, 0.2) is 0 Å². The molecule has 0 unspecified atom stereocenters. The van der Waals surface area contributed by atoms with E-state index in [0.29, 0.717) is 6.04 Å². The first-order chi connectivity index (χ1) is 6.38. The predicted molar refractivity (Wildman–Crippen MR) is 56.0 cm³/mol. The molecule has 0 radical (unpaired) electrons. The predicted octanol–water partition coefficient (Wildman–Crippen LogP) is 1.72. The molecule has 82 valence electrons. The zero-order chi connectivity index (χ0) is 10.8. The Morgan fingerprint density at radius 3 is 2.43 bits per heavy atom. The molecule has 1 saturated heterocycles. The van der Waals surface area contributed by atoms with Gasteiger partial charge in [-0.3, -0.25) is 4.79 Å². The van der Waals surface area contributed by atoms with Gasteiger partial charge in [0.25, 0.3) is 0 Å². The lowest BCUT2D eigenvalue weighted by molar-refractivity contribution is -0.160. The Balaban J connectivity index is 2.38. The molecule has 0 amide bonds. The second-order valence-corrected chi connectivity index (χ2v) is 5.12. The molecule has 2 atom stereocenters. The van der Waals surface area contributed by atoms with Crippen molar-refractivity contribution < 1.29 is 9.53 Å². The summed E-state index contributed by atoms with van der Waals surface area (Å²) in [6.45, 7) is 8.62. The van der Waals surface area contributed by atoms with Gasteiger partial charge in [-0.15, -0.1) is 0 Å². The summed E-state index contributed by atoms with van der Waals surface area (Å²) in [6, 6.07) is 0.536. The maximum absolute atomic E-state index is 11.7. The summed E-state index contributed by atoms with van der Waals surface area (Å²) >= 11 is 0. The van der Waals surface area contributed by atoms with Crippen molar-refractivity contribution in [2.24, 2.45) is 5.92 Å². The first kappa shape index (κ1) is 11.5. The van der Waals surface area contributed by atoms with Gasteiger partial charge in [0.1, 0.15) is 5.60 Å². The van der Waals surface area contributed by atoms with Gasteiger partial charge in [0.2, 0.25) is 0 Å². The number of carbonyl (C=O) groups is 1. The molecule has 0 aromatic carbocycles. The Bertz CT molecular complexity index is 200. The second kappa shape index (κ2) is 4.30. The van der Waals surface area contributed by atoms with Crippen molar-refractivity contribution in [3.63, 3.8) is 0 Å². The van der Waals surface area contributed by atoms with Gasteiger partial charge in [0, 0.05) is 12.6 Å². The molecule has 0 spiro atoms. The maximum atomic E-state index is 11.7. The highest BCUT2D eigenvalue weighted by molar-refractivity contribution is 5.73. The highest BCUT2D eigenvalue weighted by Crippen LogP contribution is 2.18. The molecule has 0 aromatic rings. The number of hydrogen-bond acceptors (Lipinski definition) is 3. The number of ether oxygens (including phenoxy) is 1. The topological polar surface area (TPSA) is 38.3 Å². The van der Waals surface area contributed by atoms with Crippen LogP contribution in [0.5, 0.6) is 0 Å². The van der Waals surface area contributed by atoms with E-state index in [-0.39, 0.29) is 17.5 Å². The Labute approximate surface area is 86.2 Å². The first-order valence-electron chi connectivity index (χ1n) is 5.35. The Kier molecular flexibility index (Phi) is 3.53. The Morgan fingerprint density at radius 2 is 2.00 bits per heavy atom. The summed E-state index contributed by atoms with van der Waals surface area (Å²) in [5.74, 6) is -0.0117. The van der Waals surface area contributed by atoms with Crippen molar-refractivity contribution in [2.75, 3.05) is 6.54 Å². The summed E-state index contributed by atoms with van der Waals surface area (Å²) in [6.07, 6.45) is 2.01. The zero-order valence-corrected chi connectivity index (χ0v) is 9.59. The molecule has 14 heavy (non-hydrogen) atoms. The molecule has 0 aliphatic carbocycles. The molecule has 1 aliphatic rings. The molecular weight excluding hydrogens is 178 g/mol. The van der Waals surface area contributed by atoms with Crippen LogP contribution in [0.25, 0.3) is 0 Å². The number of piperidine rings is 1. The molecule has 0 saturated carbocycles. The summed E-state index contributed by atoms with van der Waals surface area (Å²) < 4.78 is 5.33. The number of hydrogen-bond donors (Lipinski definition) is 1. The van der Waals surface area contributed by atoms with Crippen LogP contribution in [0.15, 0.2) is 0 Å². The van der Waals surface area contributed by atoms with Gasteiger partial charge in [-0.25, -0.2) is 0 Å². The van der Waals surface area contributed by atoms with Gasteiger partial charge in [0.05, 0.1) is 5.92 Å². The third-order valence-corrected chi connectivity index (χ3v) is 2.40. The molecule has 3 heteroatoms. The van der Waals surface area contributed by atoms with E-state index in [1.807, 2.05) is 20.8 Å². The highest BCUT2D eigenvalue weighted by atomic mass is 16.6. The van der Waals surface area contributed by atoms with E-state index < -0.39 is 0 Å². The van der Waals surface area contributed by atoms with E-state index in [1.54, 1.807) is 0 Å². The number of esters is 1. The SMILES string of the molecule is C[C@H]1CC[C@@H](C(=O)OC(C)(C)C)CN1. The molecule has 1 rings (SSSR count). The van der Waals surface area contributed by atoms with Gasteiger partial charge in [-0.1, -0.05) is 0 Å². The number of nitrogens with one attached hydrogen (secondary N) is 1. The third-order valence-electron chi connectivity index (χ3n) is 2.40. The quantitative estimate of drug-likeness (QED) is 0.653. The summed E-state index contributed by atoms with van der Waals surface area (Å²) in [4.78, 5) is 11.7. The fourth-order valence-electron chi connectivity index (χ4n) is 1.59. The lowest BCUT2D eigenvalue weighted by Crippen LogP contribution is -2.42. The summed E-state index contributed by atoms with van der Waals surface area (Å²) in [7, 11) is 0. The van der Waals surface area contributed by atoms with Crippen LogP contribution in [0, 0.1) is 5.92 Å². The molecule has 3 nitrogen and oxygen atoms in total. The van der Waals surface area contributed by atoms with Crippen molar-refractivity contribution in [1.29, 1.82) is 0 Å². The van der Waals surface area contributed by atoms with Gasteiger partial charge >= 0.3 is 5.97 Å². The van der Waals surface area contributed by atoms with Gasteiger partial charge < -0.3 is 10.1 Å². The minimum Gasteiger partial charge on any atom is -0.460 e. The van der Waals surface area contributed by atoms with Crippen LogP contribution in [0.2, 0.25) is 0 Å². The second-order valence-electron chi connectivity index (χ2n) is 5.12. The van der Waals surface area contributed by atoms with E-state index in [9.17, 15) is 4.79 Å². The van der Waals surface area contributed by atoms with E-state index in [0.717, 1.165) is 19.4 Å². The van der Waals surface area contributed by atoms with Gasteiger partial charge in [-0.2, -0.15) is 0 Å². The summed E-state index contributed by atoms with van der Waals surface area (Å²) in [5, 5.41) is 3.30. The normalized spacial score (nSPS) is 28.6. The Hall–Kier alpha value is -0.570. The van der Waals surface area contributed by atoms with Crippen LogP contribution in [0.1, 0.15) is 40.5 Å². The van der Waals surface area contributed by atoms with E-state index in [2.05, 4.69) is 12.2 Å². The fourth-order valence-corrected chi connectivity index (χ4v) is 1.59. The Morgan fingerprint density at radius 1 is 1.36 bits per heavy atom. The maximum Gasteiger partial charge on any atom is 0.310 e. The smallest absolute Gasteiger partial charge is 0.310 e. The van der Waals surface area contributed by atoms with E-state index in [1.165, 1.54) is 0 Å². The number of carbonyl (C=O) groups excluding carboxylic acids is 1. The third kappa shape index (κ3) is 3.66. The minimum absolute atomic E-state index is 0.0467. The van der Waals surface area contributed by atoms with E-state index >= 15 is 0 Å². The summed E-state index contributed by atoms with van der Waals surface area (Å²) in [5.41, 5.74) is -0.361. The van der Waals surface area contributed by atoms with Crippen molar-refractivity contribution in [3.8, 4) is 0 Å². The average Bonchev–Trinajstić information content (AvgIpc) is 2.02. The van der Waals surface area contributed by atoms with Crippen molar-refractivity contribution in [1.82, 2.24) is 5.32 Å². The first-order valence-corrected chi connectivity index (χ1v) is 5.35. The fraction of sp³-hybridized carbons (Fsp3) is 0.909. The zero-order valence-electron chi connectivity index (χ0n) is 9.59.